The lowest BCUT2D eigenvalue weighted by molar-refractivity contribution is -0.384. The van der Waals surface area contributed by atoms with E-state index in [-0.39, 0.29) is 17.8 Å². The van der Waals surface area contributed by atoms with Crippen molar-refractivity contribution in [2.75, 3.05) is 27.4 Å². The fraction of sp³-hybridized carbons (Fsp3) is 0.360. The van der Waals surface area contributed by atoms with Crippen LogP contribution < -0.4 is 10.1 Å². The van der Waals surface area contributed by atoms with Crippen LogP contribution in [0, 0.1) is 24.0 Å². The maximum Gasteiger partial charge on any atom is 0.271 e. The lowest BCUT2D eigenvalue weighted by atomic mass is 9.96. The van der Waals surface area contributed by atoms with E-state index in [1.807, 2.05) is 36.6 Å². The zero-order valence-electron chi connectivity index (χ0n) is 20.2. The van der Waals surface area contributed by atoms with Crippen molar-refractivity contribution in [3.63, 3.8) is 0 Å². The van der Waals surface area contributed by atoms with Gasteiger partial charge in [0.2, 0.25) is 0 Å². The predicted octanol–water partition coefficient (Wildman–Crippen LogP) is 4.41. The monoisotopic (exact) mass is 495 g/mol. The number of nitro benzene ring substituents is 1. The molecule has 2 aromatic heterocycles. The molecule has 1 aliphatic rings. The summed E-state index contributed by atoms with van der Waals surface area (Å²) in [7, 11) is 3.25. The van der Waals surface area contributed by atoms with E-state index in [1.54, 1.807) is 32.5 Å². The second-order valence-electron chi connectivity index (χ2n) is 8.44. The second kappa shape index (κ2) is 10.4. The van der Waals surface area contributed by atoms with Crippen LogP contribution in [0.3, 0.4) is 0 Å². The Hall–Kier alpha value is -3.50. The molecule has 1 saturated heterocycles. The van der Waals surface area contributed by atoms with Crippen molar-refractivity contribution >= 4 is 23.0 Å². The summed E-state index contributed by atoms with van der Waals surface area (Å²) in [6.07, 6.45) is 2.60. The van der Waals surface area contributed by atoms with E-state index >= 15 is 0 Å². The molecule has 1 aliphatic heterocycles. The van der Waals surface area contributed by atoms with Crippen LogP contribution in [0.2, 0.25) is 0 Å². The quantitative estimate of drug-likeness (QED) is 0.202. The van der Waals surface area contributed by atoms with Crippen LogP contribution in [0.1, 0.15) is 41.1 Å². The molecule has 1 N–H and O–H groups in total. The number of aromatic nitrogens is 2. The van der Waals surface area contributed by atoms with Gasteiger partial charge in [-0.2, -0.15) is 0 Å². The number of non-ortho nitro benzene ring substituents is 1. The normalized spacial score (nSPS) is 17.5. The summed E-state index contributed by atoms with van der Waals surface area (Å²) in [6.45, 7) is 5.35. The average molecular weight is 496 g/mol. The zero-order valence-corrected chi connectivity index (χ0v) is 21.0. The van der Waals surface area contributed by atoms with Crippen LogP contribution in [0.4, 0.5) is 5.69 Å². The molecule has 1 fully saturated rings. The van der Waals surface area contributed by atoms with Gasteiger partial charge in [-0.05, 0) is 62.3 Å². The van der Waals surface area contributed by atoms with Crippen LogP contribution in [-0.2, 0) is 4.74 Å². The molecule has 0 aliphatic carbocycles. The Morgan fingerprint density at radius 1 is 1.20 bits per heavy atom. The lowest BCUT2D eigenvalue weighted by Crippen LogP contribution is -2.31. The number of methoxy groups -OCH3 is 2. The number of nitrogens with one attached hydrogen (secondary N) is 1. The van der Waals surface area contributed by atoms with E-state index in [1.165, 1.54) is 6.07 Å². The molecule has 2 atom stereocenters. The van der Waals surface area contributed by atoms with Gasteiger partial charge in [0.05, 0.1) is 35.5 Å². The molecule has 0 radical (unpaired) electrons. The molecule has 0 bridgehead atoms. The number of ether oxygens (including phenoxy) is 2. The molecule has 184 valence electrons. The van der Waals surface area contributed by atoms with Crippen LogP contribution in [0.25, 0.3) is 5.69 Å². The van der Waals surface area contributed by atoms with E-state index in [0.29, 0.717) is 23.2 Å². The molecule has 35 heavy (non-hydrogen) atoms. The van der Waals surface area contributed by atoms with E-state index in [9.17, 15) is 10.1 Å². The number of thiocarbonyl (C=S) groups is 1. The third kappa shape index (κ3) is 4.71. The molecule has 0 spiro atoms. The number of pyridine rings is 1. The van der Waals surface area contributed by atoms with Gasteiger partial charge >= 0.3 is 0 Å². The number of hydrogen-bond donors (Lipinski definition) is 1. The number of benzene rings is 1. The number of hydrogen-bond acceptors (Lipinski definition) is 6. The van der Waals surface area contributed by atoms with Gasteiger partial charge in [-0.3, -0.25) is 15.1 Å². The van der Waals surface area contributed by atoms with Crippen LogP contribution in [0.15, 0.2) is 48.7 Å². The van der Waals surface area contributed by atoms with E-state index in [0.717, 1.165) is 35.6 Å². The molecule has 0 saturated carbocycles. The molecule has 0 amide bonds. The minimum absolute atomic E-state index is 0.00566. The van der Waals surface area contributed by atoms with Gasteiger partial charge in [-0.1, -0.05) is 6.07 Å². The fourth-order valence-electron chi connectivity index (χ4n) is 4.79. The van der Waals surface area contributed by atoms with Crippen molar-refractivity contribution in [1.29, 1.82) is 0 Å². The highest BCUT2D eigenvalue weighted by Gasteiger charge is 2.41. The van der Waals surface area contributed by atoms with Crippen molar-refractivity contribution in [2.24, 2.45) is 0 Å². The van der Waals surface area contributed by atoms with Gasteiger partial charge in [-0.25, -0.2) is 0 Å². The van der Waals surface area contributed by atoms with Crippen LogP contribution >= 0.6 is 12.2 Å². The maximum atomic E-state index is 11.5. The standard InChI is InChI=1S/C25H29N5O4S/c1-16-14-19(17(2)29(16)21-15-18(30(31)32)9-10-22(21)34-4)24-23(20-8-5-6-11-26-20)27-25(35)28(24)12-7-13-33-3/h5-6,8-11,14-15,23-24H,7,12-13H2,1-4H3,(H,27,35). The Kier molecular flexibility index (Phi) is 7.32. The van der Waals surface area contributed by atoms with Crippen molar-refractivity contribution in [3.8, 4) is 11.4 Å². The highest BCUT2D eigenvalue weighted by Crippen LogP contribution is 2.42. The summed E-state index contributed by atoms with van der Waals surface area (Å²) >= 11 is 5.75. The smallest absolute Gasteiger partial charge is 0.271 e. The minimum Gasteiger partial charge on any atom is -0.495 e. The van der Waals surface area contributed by atoms with Crippen molar-refractivity contribution in [1.82, 2.24) is 19.8 Å². The number of rotatable bonds is 9. The first kappa shape index (κ1) is 24.6. The number of nitro groups is 1. The first-order valence-electron chi connectivity index (χ1n) is 11.4. The molecule has 2 unspecified atom stereocenters. The first-order valence-corrected chi connectivity index (χ1v) is 11.8. The maximum absolute atomic E-state index is 11.5. The van der Waals surface area contributed by atoms with Crippen LogP contribution in [0.5, 0.6) is 5.75 Å². The SMILES string of the molecule is COCCCN1C(=S)NC(c2ccccn2)C1c1cc(C)n(-c2cc([N+](=O)[O-])ccc2OC)c1C. The van der Waals surface area contributed by atoms with Crippen molar-refractivity contribution in [2.45, 2.75) is 32.4 Å². The molecular formula is C25H29N5O4S. The Balaban J connectivity index is 1.84. The summed E-state index contributed by atoms with van der Waals surface area (Å²) in [5, 5.41) is 15.6. The summed E-state index contributed by atoms with van der Waals surface area (Å²) in [5.41, 5.74) is 4.48. The average Bonchev–Trinajstić information content (AvgIpc) is 3.34. The molecule has 1 aromatic carbocycles. The van der Waals surface area contributed by atoms with Crippen molar-refractivity contribution < 1.29 is 14.4 Å². The highest BCUT2D eigenvalue weighted by molar-refractivity contribution is 7.80. The van der Waals surface area contributed by atoms with Gasteiger partial charge < -0.3 is 24.3 Å². The summed E-state index contributed by atoms with van der Waals surface area (Å²) < 4.78 is 12.8. The van der Waals surface area contributed by atoms with Gasteiger partial charge in [0.25, 0.3) is 5.69 Å². The van der Waals surface area contributed by atoms with Gasteiger partial charge in [0.15, 0.2) is 5.11 Å². The Labute approximate surface area is 209 Å². The van der Waals surface area contributed by atoms with Crippen molar-refractivity contribution in [3.05, 3.63) is 81.4 Å². The molecule has 4 rings (SSSR count). The molecule has 3 aromatic rings. The minimum atomic E-state index is -0.397. The fourth-order valence-corrected chi connectivity index (χ4v) is 5.12. The van der Waals surface area contributed by atoms with Gasteiger partial charge in [0.1, 0.15) is 5.75 Å². The zero-order chi connectivity index (χ0) is 25.1. The summed E-state index contributed by atoms with van der Waals surface area (Å²) in [6, 6.07) is 12.3. The Morgan fingerprint density at radius 3 is 2.66 bits per heavy atom. The second-order valence-corrected chi connectivity index (χ2v) is 8.83. The topological polar surface area (TPSA) is 94.7 Å². The molecule has 3 heterocycles. The number of nitrogens with zero attached hydrogens (tertiary/aromatic N) is 4. The van der Waals surface area contributed by atoms with E-state index in [4.69, 9.17) is 21.7 Å². The molecule has 9 nitrogen and oxygen atoms in total. The third-order valence-electron chi connectivity index (χ3n) is 6.35. The van der Waals surface area contributed by atoms with Gasteiger partial charge in [-0.15, -0.1) is 0 Å². The molecular weight excluding hydrogens is 466 g/mol. The molecule has 10 heteroatoms. The van der Waals surface area contributed by atoms with E-state index < -0.39 is 4.92 Å². The Bertz CT molecular complexity index is 1230. The first-order chi connectivity index (χ1) is 16.9. The summed E-state index contributed by atoms with van der Waals surface area (Å²) in [5.74, 6) is 0.558. The van der Waals surface area contributed by atoms with E-state index in [2.05, 4.69) is 21.3 Å². The third-order valence-corrected chi connectivity index (χ3v) is 6.70. The Morgan fingerprint density at radius 2 is 2.00 bits per heavy atom. The summed E-state index contributed by atoms with van der Waals surface area (Å²) in [4.78, 5) is 17.9. The van der Waals surface area contributed by atoms with Gasteiger partial charge in [0, 0.05) is 50.0 Å². The largest absolute Gasteiger partial charge is 0.495 e. The predicted molar refractivity (Wildman–Crippen MR) is 137 cm³/mol. The number of aryl methyl sites for hydroxylation is 1. The lowest BCUT2D eigenvalue weighted by Gasteiger charge is -2.28. The van der Waals surface area contributed by atoms with Crippen LogP contribution in [-0.4, -0.2) is 51.9 Å². The highest BCUT2D eigenvalue weighted by atomic mass is 32.1.